The Hall–Kier alpha value is -3.32. The molecule has 3 heterocycles. The lowest BCUT2D eigenvalue weighted by molar-refractivity contribution is -0.112. The second-order valence-corrected chi connectivity index (χ2v) is 7.08. The number of ketones is 1. The van der Waals surface area contributed by atoms with Crippen molar-refractivity contribution in [2.45, 2.75) is 6.42 Å². The van der Waals surface area contributed by atoms with Gasteiger partial charge in [0.1, 0.15) is 11.5 Å². The summed E-state index contributed by atoms with van der Waals surface area (Å²) in [6.45, 7) is 0. The molecule has 0 saturated heterocycles. The number of aromatic nitrogens is 3. The van der Waals surface area contributed by atoms with Gasteiger partial charge in [-0.05, 0) is 41.5 Å². The van der Waals surface area contributed by atoms with Crippen LogP contribution in [0.3, 0.4) is 0 Å². The Bertz CT molecular complexity index is 1300. The fourth-order valence-electron chi connectivity index (χ4n) is 2.70. The quantitative estimate of drug-likeness (QED) is 0.586. The summed E-state index contributed by atoms with van der Waals surface area (Å²) < 4.78 is 15.8. The van der Waals surface area contributed by atoms with Crippen LogP contribution in [0.15, 0.2) is 59.8 Å². The first-order valence-electron chi connectivity index (χ1n) is 8.19. The van der Waals surface area contributed by atoms with Crippen molar-refractivity contribution in [3.05, 3.63) is 91.5 Å². The van der Waals surface area contributed by atoms with Gasteiger partial charge in [-0.2, -0.15) is 0 Å². The highest BCUT2D eigenvalue weighted by Crippen LogP contribution is 2.05. The van der Waals surface area contributed by atoms with Gasteiger partial charge in [0.2, 0.25) is 0 Å². The molecule has 0 unspecified atom stereocenters. The van der Waals surface area contributed by atoms with Gasteiger partial charge in [-0.1, -0.05) is 12.1 Å². The first-order chi connectivity index (χ1) is 13.1. The molecule has 0 atom stereocenters. The van der Waals surface area contributed by atoms with Gasteiger partial charge >= 0.3 is 0 Å². The molecular formula is C20H14FN3O2S. The van der Waals surface area contributed by atoms with Gasteiger partial charge in [0, 0.05) is 31.1 Å². The number of halogens is 1. The van der Waals surface area contributed by atoms with Crippen molar-refractivity contribution >= 4 is 34.9 Å². The third-order valence-electron chi connectivity index (χ3n) is 3.97. The maximum absolute atomic E-state index is 12.9. The van der Waals surface area contributed by atoms with Crippen molar-refractivity contribution < 1.29 is 9.18 Å². The summed E-state index contributed by atoms with van der Waals surface area (Å²) in [7, 11) is 0. The van der Waals surface area contributed by atoms with E-state index in [1.165, 1.54) is 29.5 Å². The molecule has 27 heavy (non-hydrogen) atoms. The molecule has 0 saturated carbocycles. The van der Waals surface area contributed by atoms with Gasteiger partial charge in [-0.3, -0.25) is 9.59 Å². The van der Waals surface area contributed by atoms with Gasteiger partial charge in [0.05, 0.1) is 9.20 Å². The van der Waals surface area contributed by atoms with Crippen LogP contribution < -0.4 is 14.8 Å². The third-order valence-corrected chi connectivity index (χ3v) is 4.94. The first kappa shape index (κ1) is 17.1. The standard InChI is InChI=1S/C20H14FN3O2S/c21-15-4-1-13(2-5-15)9-16(25)11-19-23-20(26)17(27-19)10-14-3-6-18-22-7-8-24(18)12-14/h1-8,10-12H,9H2,(H,23,26)/b17-10-,19-11+. The van der Waals surface area contributed by atoms with Gasteiger partial charge < -0.3 is 9.38 Å². The van der Waals surface area contributed by atoms with Crippen molar-refractivity contribution in [3.63, 3.8) is 0 Å². The number of rotatable bonds is 4. The molecule has 0 spiro atoms. The van der Waals surface area contributed by atoms with Crippen molar-refractivity contribution in [2.75, 3.05) is 0 Å². The minimum Gasteiger partial charge on any atom is -0.313 e. The van der Waals surface area contributed by atoms with E-state index in [0.717, 1.165) is 16.8 Å². The summed E-state index contributed by atoms with van der Waals surface area (Å²) in [5, 5.41) is 0. The number of thiazole rings is 1. The molecule has 0 aliphatic carbocycles. The van der Waals surface area contributed by atoms with E-state index < -0.39 is 0 Å². The first-order valence-corrected chi connectivity index (χ1v) is 9.01. The van der Waals surface area contributed by atoms with E-state index in [1.54, 1.807) is 24.4 Å². The Balaban J connectivity index is 1.61. The number of Topliss-reactive ketones (excluding diaryl/α,β-unsaturated/α-hetero) is 1. The molecule has 7 heteroatoms. The average Bonchev–Trinajstić information content (AvgIpc) is 3.23. The smallest absolute Gasteiger partial charge is 0.266 e. The number of nitrogens with one attached hydrogen (secondary N) is 1. The van der Waals surface area contributed by atoms with E-state index in [9.17, 15) is 14.0 Å². The monoisotopic (exact) mass is 379 g/mol. The second kappa shape index (κ2) is 7.13. The molecule has 1 N–H and O–H groups in total. The SMILES string of the molecule is O=C(/C=c1\[nH]c(=O)/c(=C/c2ccc3nccn3c2)s1)Cc1ccc(F)cc1. The number of hydrogen-bond acceptors (Lipinski definition) is 4. The van der Waals surface area contributed by atoms with Crippen LogP contribution in [-0.2, 0) is 11.2 Å². The number of H-pyrrole nitrogens is 1. The normalized spacial score (nSPS) is 12.8. The highest BCUT2D eigenvalue weighted by atomic mass is 32.1. The van der Waals surface area contributed by atoms with E-state index in [0.29, 0.717) is 9.20 Å². The maximum Gasteiger partial charge on any atom is 0.266 e. The molecule has 4 aromatic rings. The minimum absolute atomic E-state index is 0.149. The summed E-state index contributed by atoms with van der Waals surface area (Å²) in [5.41, 5.74) is 2.16. The Labute approximate surface area is 156 Å². The van der Waals surface area contributed by atoms with Gasteiger partial charge in [0.25, 0.3) is 5.56 Å². The van der Waals surface area contributed by atoms with E-state index in [-0.39, 0.29) is 23.6 Å². The van der Waals surface area contributed by atoms with Crippen LogP contribution in [0.1, 0.15) is 11.1 Å². The Morgan fingerprint density at radius 3 is 2.85 bits per heavy atom. The second-order valence-electron chi connectivity index (χ2n) is 6.00. The highest BCUT2D eigenvalue weighted by molar-refractivity contribution is 7.07. The van der Waals surface area contributed by atoms with Gasteiger partial charge in [-0.15, -0.1) is 11.3 Å². The van der Waals surface area contributed by atoms with Crippen LogP contribution in [0.2, 0.25) is 0 Å². The molecule has 0 bridgehead atoms. The summed E-state index contributed by atoms with van der Waals surface area (Å²) in [4.78, 5) is 31.2. The highest BCUT2D eigenvalue weighted by Gasteiger charge is 2.03. The Kier molecular flexibility index (Phi) is 4.52. The van der Waals surface area contributed by atoms with Crippen LogP contribution >= 0.6 is 11.3 Å². The molecule has 3 aromatic heterocycles. The van der Waals surface area contributed by atoms with Crippen LogP contribution in [0.25, 0.3) is 17.8 Å². The predicted octanol–water partition coefficient (Wildman–Crippen LogP) is 1.64. The number of imidazole rings is 1. The Morgan fingerprint density at radius 2 is 2.04 bits per heavy atom. The largest absolute Gasteiger partial charge is 0.313 e. The number of benzene rings is 1. The van der Waals surface area contributed by atoms with Crippen LogP contribution in [-0.4, -0.2) is 20.2 Å². The van der Waals surface area contributed by atoms with Crippen molar-refractivity contribution in [3.8, 4) is 0 Å². The summed E-state index contributed by atoms with van der Waals surface area (Å²) in [6.07, 6.45) is 8.74. The fraction of sp³-hybridized carbons (Fsp3) is 0.0500. The molecular weight excluding hydrogens is 365 g/mol. The van der Waals surface area contributed by atoms with Crippen LogP contribution in [0, 0.1) is 5.82 Å². The molecule has 0 aliphatic heterocycles. The Morgan fingerprint density at radius 1 is 1.22 bits per heavy atom. The zero-order valence-electron chi connectivity index (χ0n) is 14.1. The third kappa shape index (κ3) is 3.93. The van der Waals surface area contributed by atoms with E-state index in [1.807, 2.05) is 28.9 Å². The van der Waals surface area contributed by atoms with E-state index in [4.69, 9.17) is 0 Å². The molecule has 0 radical (unpaired) electrons. The summed E-state index contributed by atoms with van der Waals surface area (Å²) in [6, 6.07) is 9.53. The topological polar surface area (TPSA) is 67.2 Å². The zero-order chi connectivity index (χ0) is 18.8. The fourth-order valence-corrected chi connectivity index (χ4v) is 3.61. The number of fused-ring (bicyclic) bond motifs is 1. The van der Waals surface area contributed by atoms with Crippen molar-refractivity contribution in [2.24, 2.45) is 0 Å². The molecule has 1 aromatic carbocycles. The minimum atomic E-state index is -0.341. The number of hydrogen-bond donors (Lipinski definition) is 1. The molecule has 4 rings (SSSR count). The zero-order valence-corrected chi connectivity index (χ0v) is 14.9. The molecule has 134 valence electrons. The number of carbonyl (C=O) groups excluding carboxylic acids is 1. The average molecular weight is 379 g/mol. The molecule has 5 nitrogen and oxygen atoms in total. The van der Waals surface area contributed by atoms with Crippen LogP contribution in [0.5, 0.6) is 0 Å². The maximum atomic E-state index is 12.9. The van der Waals surface area contributed by atoms with E-state index >= 15 is 0 Å². The van der Waals surface area contributed by atoms with Crippen molar-refractivity contribution in [1.82, 2.24) is 14.4 Å². The number of aromatic amines is 1. The number of carbonyl (C=O) groups is 1. The number of pyridine rings is 1. The van der Waals surface area contributed by atoms with Gasteiger partial charge in [0.15, 0.2) is 5.78 Å². The lowest BCUT2D eigenvalue weighted by Crippen LogP contribution is -2.20. The molecule has 0 amide bonds. The lowest BCUT2D eigenvalue weighted by Gasteiger charge is -1.96. The van der Waals surface area contributed by atoms with Gasteiger partial charge in [-0.25, -0.2) is 9.37 Å². The molecule has 0 aliphatic rings. The van der Waals surface area contributed by atoms with E-state index in [2.05, 4.69) is 9.97 Å². The number of nitrogens with zero attached hydrogens (tertiary/aromatic N) is 2. The van der Waals surface area contributed by atoms with Crippen LogP contribution in [0.4, 0.5) is 4.39 Å². The lowest BCUT2D eigenvalue weighted by atomic mass is 10.1. The summed E-state index contributed by atoms with van der Waals surface area (Å²) >= 11 is 1.22. The van der Waals surface area contributed by atoms with Crippen molar-refractivity contribution in [1.29, 1.82) is 0 Å². The molecule has 0 fully saturated rings. The summed E-state index contributed by atoms with van der Waals surface area (Å²) in [5.74, 6) is -0.502. The predicted molar refractivity (Wildman–Crippen MR) is 103 cm³/mol.